The molecule has 0 atom stereocenters. The maximum absolute atomic E-state index is 12.7. The van der Waals surface area contributed by atoms with Crippen molar-refractivity contribution in [2.24, 2.45) is 7.05 Å². The number of aromatic nitrogens is 3. The summed E-state index contributed by atoms with van der Waals surface area (Å²) in [7, 11) is -1.54. The van der Waals surface area contributed by atoms with Gasteiger partial charge in [-0.2, -0.15) is 5.10 Å². The van der Waals surface area contributed by atoms with Gasteiger partial charge in [-0.15, -0.1) is 0 Å². The van der Waals surface area contributed by atoms with Crippen LogP contribution in [0.15, 0.2) is 35.4 Å². The molecule has 4 rings (SSSR count). The number of H-pyrrole nitrogens is 1. The van der Waals surface area contributed by atoms with Gasteiger partial charge in [0.05, 0.1) is 11.4 Å². The van der Waals surface area contributed by atoms with E-state index in [2.05, 4.69) is 37.8 Å². The lowest BCUT2D eigenvalue weighted by atomic mass is 9.96. The average molecular weight is 358 g/mol. The molecule has 0 unspecified atom stereocenters. The second kappa shape index (κ2) is 5.44. The molecule has 0 aliphatic heterocycles. The van der Waals surface area contributed by atoms with Gasteiger partial charge >= 0.3 is 0 Å². The Morgan fingerprint density at radius 3 is 2.64 bits per heavy atom. The summed E-state index contributed by atoms with van der Waals surface area (Å²) >= 11 is 0. The summed E-state index contributed by atoms with van der Waals surface area (Å²) in [6, 6.07) is 8.27. The van der Waals surface area contributed by atoms with Crippen LogP contribution in [-0.4, -0.2) is 29.7 Å². The summed E-state index contributed by atoms with van der Waals surface area (Å²) in [6.45, 7) is 3.84. The Bertz CT molecular complexity index is 1040. The number of fused-ring (bicyclic) bond motifs is 1. The minimum atomic E-state index is -3.58. The Morgan fingerprint density at radius 2 is 2.00 bits per heavy atom. The van der Waals surface area contributed by atoms with Gasteiger partial charge in [0.25, 0.3) is 0 Å². The van der Waals surface area contributed by atoms with Gasteiger partial charge in [-0.3, -0.25) is 5.10 Å². The van der Waals surface area contributed by atoms with Crippen LogP contribution in [0.5, 0.6) is 0 Å². The first-order valence-corrected chi connectivity index (χ1v) is 9.88. The van der Waals surface area contributed by atoms with Crippen molar-refractivity contribution in [1.82, 2.24) is 19.5 Å². The first-order valence-electron chi connectivity index (χ1n) is 8.40. The van der Waals surface area contributed by atoms with Gasteiger partial charge < -0.3 is 4.57 Å². The lowest BCUT2D eigenvalue weighted by Crippen LogP contribution is -2.32. The smallest absolute Gasteiger partial charge is 0.244 e. The number of aryl methyl sites for hydroxylation is 3. The normalized spacial score (nSPS) is 16.4. The van der Waals surface area contributed by atoms with Crippen molar-refractivity contribution in [3.63, 3.8) is 0 Å². The Balaban J connectivity index is 1.65. The van der Waals surface area contributed by atoms with Crippen molar-refractivity contribution in [2.45, 2.75) is 37.0 Å². The third kappa shape index (κ3) is 2.58. The van der Waals surface area contributed by atoms with E-state index in [1.165, 1.54) is 16.5 Å². The Morgan fingerprint density at radius 1 is 1.28 bits per heavy atom. The van der Waals surface area contributed by atoms with E-state index >= 15 is 0 Å². The molecule has 0 radical (unpaired) electrons. The van der Waals surface area contributed by atoms with E-state index in [-0.39, 0.29) is 10.3 Å². The first kappa shape index (κ1) is 16.4. The Hall–Kier alpha value is -2.12. The number of rotatable bonds is 5. The van der Waals surface area contributed by atoms with E-state index in [1.54, 1.807) is 13.8 Å². The fourth-order valence-corrected chi connectivity index (χ4v) is 5.19. The largest absolute Gasteiger partial charge is 0.350 e. The molecule has 0 amide bonds. The molecule has 1 aromatic carbocycles. The molecule has 3 aromatic rings. The van der Waals surface area contributed by atoms with Crippen molar-refractivity contribution in [3.05, 3.63) is 47.4 Å². The maximum atomic E-state index is 12.7. The molecule has 0 saturated heterocycles. The summed E-state index contributed by atoms with van der Waals surface area (Å²) in [4.78, 5) is 0.265. The van der Waals surface area contributed by atoms with E-state index in [9.17, 15) is 8.42 Å². The summed E-state index contributed by atoms with van der Waals surface area (Å²) in [5, 5.41) is 7.95. The number of nitrogens with one attached hydrogen (secondary N) is 2. The zero-order valence-electron chi connectivity index (χ0n) is 14.6. The van der Waals surface area contributed by atoms with Crippen LogP contribution in [-0.2, 0) is 22.5 Å². The van der Waals surface area contributed by atoms with E-state index in [0.29, 0.717) is 17.9 Å². The summed E-state index contributed by atoms with van der Waals surface area (Å²) in [5.41, 5.74) is 3.36. The van der Waals surface area contributed by atoms with Crippen LogP contribution in [0.2, 0.25) is 0 Å². The van der Waals surface area contributed by atoms with E-state index in [1.807, 2.05) is 19.2 Å². The number of benzene rings is 1. The van der Waals surface area contributed by atoms with Crippen LogP contribution in [0.1, 0.15) is 29.8 Å². The summed E-state index contributed by atoms with van der Waals surface area (Å²) in [5.74, 6) is 0. The number of hydrogen-bond acceptors (Lipinski definition) is 3. The number of hydrogen-bond donors (Lipinski definition) is 2. The SMILES string of the molecule is Cc1n[nH]c(C)c1S(=O)(=O)NCC1(c2cn(C)c3ccccc23)CC1. The first-order chi connectivity index (χ1) is 11.8. The van der Waals surface area contributed by atoms with Crippen LogP contribution in [0.4, 0.5) is 0 Å². The minimum absolute atomic E-state index is 0.112. The van der Waals surface area contributed by atoms with Crippen molar-refractivity contribution < 1.29 is 8.42 Å². The van der Waals surface area contributed by atoms with Crippen molar-refractivity contribution in [2.75, 3.05) is 6.54 Å². The molecule has 2 N–H and O–H groups in total. The van der Waals surface area contributed by atoms with Crippen molar-refractivity contribution in [1.29, 1.82) is 0 Å². The van der Waals surface area contributed by atoms with Gasteiger partial charge in [0.15, 0.2) is 0 Å². The molecule has 25 heavy (non-hydrogen) atoms. The van der Waals surface area contributed by atoms with Crippen LogP contribution < -0.4 is 4.72 Å². The Kier molecular flexibility index (Phi) is 3.56. The molecule has 132 valence electrons. The minimum Gasteiger partial charge on any atom is -0.350 e. The number of para-hydroxylation sites is 1. The lowest BCUT2D eigenvalue weighted by molar-refractivity contribution is 0.566. The fourth-order valence-electron chi connectivity index (χ4n) is 3.70. The highest BCUT2D eigenvalue weighted by molar-refractivity contribution is 7.89. The molecule has 0 spiro atoms. The number of aromatic amines is 1. The molecule has 2 heterocycles. The molecule has 1 saturated carbocycles. The quantitative estimate of drug-likeness (QED) is 0.735. The van der Waals surface area contributed by atoms with Gasteiger partial charge in [-0.05, 0) is 38.3 Å². The predicted molar refractivity (Wildman–Crippen MR) is 97.1 cm³/mol. The average Bonchev–Trinajstić information content (AvgIpc) is 3.19. The second-order valence-corrected chi connectivity index (χ2v) is 8.74. The Labute approximate surface area is 147 Å². The van der Waals surface area contributed by atoms with Gasteiger partial charge in [0.1, 0.15) is 4.90 Å². The lowest BCUT2D eigenvalue weighted by Gasteiger charge is -2.16. The molecule has 6 nitrogen and oxygen atoms in total. The highest BCUT2D eigenvalue weighted by Crippen LogP contribution is 2.50. The van der Waals surface area contributed by atoms with Gasteiger partial charge in [0, 0.05) is 36.1 Å². The molecule has 2 aromatic heterocycles. The standard InChI is InChI=1S/C18H22N4O2S/c1-12-17(13(2)21-20-12)25(23,24)19-11-18(8-9-18)15-10-22(3)16-7-5-4-6-14(15)16/h4-7,10,19H,8-9,11H2,1-3H3,(H,20,21). The maximum Gasteiger partial charge on any atom is 0.244 e. The van der Waals surface area contributed by atoms with E-state index < -0.39 is 10.0 Å². The van der Waals surface area contributed by atoms with Gasteiger partial charge in [0.2, 0.25) is 10.0 Å². The number of sulfonamides is 1. The van der Waals surface area contributed by atoms with Crippen molar-refractivity contribution >= 4 is 20.9 Å². The number of nitrogens with zero attached hydrogens (tertiary/aromatic N) is 2. The molecule has 7 heteroatoms. The molecule has 1 fully saturated rings. The molecular formula is C18H22N4O2S. The van der Waals surface area contributed by atoms with Gasteiger partial charge in [-0.1, -0.05) is 18.2 Å². The molecule has 0 bridgehead atoms. The topological polar surface area (TPSA) is 79.8 Å². The van der Waals surface area contributed by atoms with Crippen LogP contribution in [0.3, 0.4) is 0 Å². The molecule has 1 aliphatic carbocycles. The van der Waals surface area contributed by atoms with E-state index in [0.717, 1.165) is 12.8 Å². The van der Waals surface area contributed by atoms with Crippen LogP contribution in [0.25, 0.3) is 10.9 Å². The molecule has 1 aliphatic rings. The zero-order valence-corrected chi connectivity index (χ0v) is 15.4. The summed E-state index contributed by atoms with van der Waals surface area (Å²) in [6.07, 6.45) is 4.13. The van der Waals surface area contributed by atoms with Gasteiger partial charge in [-0.25, -0.2) is 13.1 Å². The van der Waals surface area contributed by atoms with Crippen LogP contribution >= 0.6 is 0 Å². The van der Waals surface area contributed by atoms with E-state index in [4.69, 9.17) is 0 Å². The third-order valence-electron chi connectivity index (χ3n) is 5.25. The highest BCUT2D eigenvalue weighted by atomic mass is 32.2. The molecular weight excluding hydrogens is 336 g/mol. The monoisotopic (exact) mass is 358 g/mol. The highest BCUT2D eigenvalue weighted by Gasteiger charge is 2.46. The zero-order chi connectivity index (χ0) is 17.8. The predicted octanol–water partition coefficient (Wildman–Crippen LogP) is 2.53. The van der Waals surface area contributed by atoms with Crippen LogP contribution in [0, 0.1) is 13.8 Å². The summed E-state index contributed by atoms with van der Waals surface area (Å²) < 4.78 is 30.4. The van der Waals surface area contributed by atoms with Crippen molar-refractivity contribution in [3.8, 4) is 0 Å². The third-order valence-corrected chi connectivity index (χ3v) is 6.92. The second-order valence-electron chi connectivity index (χ2n) is 7.04. The fraction of sp³-hybridized carbons (Fsp3) is 0.389.